The molecule has 0 bridgehead atoms. The zero-order chi connectivity index (χ0) is 11.3. The third-order valence-corrected chi connectivity index (χ3v) is 2.24. The van der Waals surface area contributed by atoms with Crippen molar-refractivity contribution in [3.63, 3.8) is 0 Å². The lowest BCUT2D eigenvalue weighted by Gasteiger charge is -2.03. The minimum absolute atomic E-state index is 0.239. The molecule has 1 aromatic carbocycles. The van der Waals surface area contributed by atoms with E-state index in [0.29, 0.717) is 5.02 Å². The van der Waals surface area contributed by atoms with E-state index in [-0.39, 0.29) is 5.56 Å². The molecular formula is C11H15ClO2. The Kier molecular flexibility index (Phi) is 5.24. The lowest BCUT2D eigenvalue weighted by Crippen LogP contribution is -1.97. The molecule has 14 heavy (non-hydrogen) atoms. The number of rotatable bonds is 1. The Morgan fingerprint density at radius 2 is 1.79 bits per heavy atom. The molecule has 1 aromatic rings. The molecule has 0 aliphatic carbocycles. The number of carboxylic acid groups (broad SMARTS) is 1. The summed E-state index contributed by atoms with van der Waals surface area (Å²) >= 11 is 5.80. The van der Waals surface area contributed by atoms with Gasteiger partial charge in [-0.3, -0.25) is 0 Å². The van der Waals surface area contributed by atoms with Crippen LogP contribution in [-0.4, -0.2) is 11.1 Å². The number of hydrogen-bond acceptors (Lipinski definition) is 1. The zero-order valence-corrected chi connectivity index (χ0v) is 9.64. The van der Waals surface area contributed by atoms with Crippen molar-refractivity contribution >= 4 is 17.6 Å². The maximum absolute atomic E-state index is 10.6. The van der Waals surface area contributed by atoms with E-state index in [0.717, 1.165) is 11.1 Å². The topological polar surface area (TPSA) is 37.3 Å². The van der Waals surface area contributed by atoms with Crippen LogP contribution in [0.4, 0.5) is 0 Å². The predicted molar refractivity (Wildman–Crippen MR) is 59.2 cm³/mol. The van der Waals surface area contributed by atoms with Crippen LogP contribution in [0.15, 0.2) is 12.1 Å². The normalized spacial score (nSPS) is 8.93. The number of carboxylic acids is 1. The van der Waals surface area contributed by atoms with Crippen molar-refractivity contribution in [2.75, 3.05) is 0 Å². The SMILES string of the molecule is CC.Cc1cc(C(=O)O)cc(Cl)c1C. The minimum atomic E-state index is -0.944. The van der Waals surface area contributed by atoms with Gasteiger partial charge >= 0.3 is 5.97 Å². The molecule has 0 aromatic heterocycles. The van der Waals surface area contributed by atoms with Gasteiger partial charge in [-0.25, -0.2) is 4.79 Å². The van der Waals surface area contributed by atoms with E-state index in [1.54, 1.807) is 6.07 Å². The molecule has 0 atom stereocenters. The van der Waals surface area contributed by atoms with Crippen molar-refractivity contribution in [2.45, 2.75) is 27.7 Å². The van der Waals surface area contributed by atoms with Gasteiger partial charge in [0, 0.05) is 5.02 Å². The Morgan fingerprint density at radius 1 is 1.29 bits per heavy atom. The molecule has 0 fully saturated rings. The van der Waals surface area contributed by atoms with Gasteiger partial charge in [0.25, 0.3) is 0 Å². The molecule has 0 radical (unpaired) electrons. The minimum Gasteiger partial charge on any atom is -0.478 e. The second kappa shape index (κ2) is 5.66. The maximum Gasteiger partial charge on any atom is 0.335 e. The van der Waals surface area contributed by atoms with Gasteiger partial charge in [0.15, 0.2) is 0 Å². The molecule has 0 unspecified atom stereocenters. The summed E-state index contributed by atoms with van der Waals surface area (Å²) in [5.41, 5.74) is 2.07. The maximum atomic E-state index is 10.6. The molecule has 2 nitrogen and oxygen atoms in total. The molecule has 0 amide bonds. The zero-order valence-electron chi connectivity index (χ0n) is 8.89. The molecule has 0 heterocycles. The van der Waals surface area contributed by atoms with E-state index in [4.69, 9.17) is 16.7 Å². The van der Waals surface area contributed by atoms with Crippen molar-refractivity contribution in [3.8, 4) is 0 Å². The molecule has 0 aliphatic heterocycles. The Hall–Kier alpha value is -1.02. The van der Waals surface area contributed by atoms with Gasteiger partial charge in [-0.1, -0.05) is 25.4 Å². The second-order valence-corrected chi connectivity index (χ2v) is 3.11. The summed E-state index contributed by atoms with van der Waals surface area (Å²) in [7, 11) is 0. The number of hydrogen-bond donors (Lipinski definition) is 1. The third kappa shape index (κ3) is 3.04. The number of aryl methyl sites for hydroxylation is 1. The van der Waals surface area contributed by atoms with E-state index < -0.39 is 5.97 Å². The monoisotopic (exact) mass is 214 g/mol. The van der Waals surface area contributed by atoms with Crippen molar-refractivity contribution in [1.29, 1.82) is 0 Å². The highest BCUT2D eigenvalue weighted by Crippen LogP contribution is 2.20. The summed E-state index contributed by atoms with van der Waals surface area (Å²) in [6.07, 6.45) is 0. The van der Waals surface area contributed by atoms with Crippen molar-refractivity contribution in [2.24, 2.45) is 0 Å². The van der Waals surface area contributed by atoms with Crippen LogP contribution in [0.2, 0.25) is 5.02 Å². The second-order valence-electron chi connectivity index (χ2n) is 2.71. The highest BCUT2D eigenvalue weighted by molar-refractivity contribution is 6.31. The predicted octanol–water partition coefficient (Wildman–Crippen LogP) is 3.68. The van der Waals surface area contributed by atoms with Gasteiger partial charge in [-0.05, 0) is 37.1 Å². The molecule has 78 valence electrons. The molecule has 0 aliphatic rings. The fraction of sp³-hybridized carbons (Fsp3) is 0.364. The van der Waals surface area contributed by atoms with E-state index in [1.807, 2.05) is 27.7 Å². The average molecular weight is 215 g/mol. The largest absolute Gasteiger partial charge is 0.478 e. The summed E-state index contributed by atoms with van der Waals surface area (Å²) < 4.78 is 0. The molecule has 0 saturated heterocycles. The first-order chi connectivity index (χ1) is 6.52. The first-order valence-electron chi connectivity index (χ1n) is 4.52. The molecule has 0 saturated carbocycles. The van der Waals surface area contributed by atoms with Gasteiger partial charge in [-0.15, -0.1) is 0 Å². The quantitative estimate of drug-likeness (QED) is 0.774. The summed E-state index contributed by atoms with van der Waals surface area (Å²) in [4.78, 5) is 10.6. The van der Waals surface area contributed by atoms with Crippen LogP contribution in [0.25, 0.3) is 0 Å². The van der Waals surface area contributed by atoms with Gasteiger partial charge < -0.3 is 5.11 Å². The number of halogens is 1. The van der Waals surface area contributed by atoms with E-state index in [2.05, 4.69) is 0 Å². The molecule has 1 rings (SSSR count). The van der Waals surface area contributed by atoms with Crippen molar-refractivity contribution in [1.82, 2.24) is 0 Å². The van der Waals surface area contributed by atoms with E-state index in [9.17, 15) is 4.79 Å². The highest BCUT2D eigenvalue weighted by atomic mass is 35.5. The highest BCUT2D eigenvalue weighted by Gasteiger charge is 2.07. The van der Waals surface area contributed by atoms with Crippen molar-refractivity contribution < 1.29 is 9.90 Å². The Morgan fingerprint density at radius 3 is 2.14 bits per heavy atom. The van der Waals surface area contributed by atoms with Crippen LogP contribution >= 0.6 is 11.6 Å². The number of benzene rings is 1. The Bertz CT molecular complexity index is 309. The Labute approximate surface area is 89.5 Å². The first-order valence-corrected chi connectivity index (χ1v) is 4.90. The van der Waals surface area contributed by atoms with Crippen LogP contribution in [0.5, 0.6) is 0 Å². The standard InChI is InChI=1S/C9H9ClO2.C2H6/c1-5-3-7(9(11)12)4-8(10)6(5)2;1-2/h3-4H,1-2H3,(H,11,12);1-2H3. The van der Waals surface area contributed by atoms with Crippen molar-refractivity contribution in [3.05, 3.63) is 33.8 Å². The van der Waals surface area contributed by atoms with Gasteiger partial charge in [-0.2, -0.15) is 0 Å². The lowest BCUT2D eigenvalue weighted by atomic mass is 10.1. The molecule has 1 N–H and O–H groups in total. The van der Waals surface area contributed by atoms with Crippen LogP contribution in [-0.2, 0) is 0 Å². The third-order valence-electron chi connectivity index (χ3n) is 1.85. The summed E-state index contributed by atoms with van der Waals surface area (Å²) in [5.74, 6) is -0.944. The van der Waals surface area contributed by atoms with Crippen LogP contribution < -0.4 is 0 Å². The van der Waals surface area contributed by atoms with E-state index >= 15 is 0 Å². The lowest BCUT2D eigenvalue weighted by molar-refractivity contribution is 0.0697. The fourth-order valence-corrected chi connectivity index (χ4v) is 1.21. The summed E-state index contributed by atoms with van der Waals surface area (Å²) in [6, 6.07) is 3.08. The smallest absolute Gasteiger partial charge is 0.335 e. The van der Waals surface area contributed by atoms with E-state index in [1.165, 1.54) is 6.07 Å². The number of carbonyl (C=O) groups is 1. The average Bonchev–Trinajstić information content (AvgIpc) is 2.16. The molecule has 0 spiro atoms. The number of aromatic carboxylic acids is 1. The summed E-state index contributed by atoms with van der Waals surface area (Å²) in [5, 5.41) is 9.17. The van der Waals surface area contributed by atoms with Gasteiger partial charge in [0.05, 0.1) is 5.56 Å². The van der Waals surface area contributed by atoms with Crippen LogP contribution in [0, 0.1) is 13.8 Å². The van der Waals surface area contributed by atoms with Gasteiger partial charge in [0.1, 0.15) is 0 Å². The van der Waals surface area contributed by atoms with Crippen LogP contribution in [0.3, 0.4) is 0 Å². The Balaban J connectivity index is 0.000000791. The molecule has 3 heteroatoms. The molecular weight excluding hydrogens is 200 g/mol. The summed E-state index contributed by atoms with van der Waals surface area (Å²) in [6.45, 7) is 7.71. The van der Waals surface area contributed by atoms with Gasteiger partial charge in [0.2, 0.25) is 0 Å². The first kappa shape index (κ1) is 13.0. The van der Waals surface area contributed by atoms with Crippen LogP contribution in [0.1, 0.15) is 35.3 Å². The fourth-order valence-electron chi connectivity index (χ4n) is 0.940.